The molecule has 2 aliphatic carbocycles. The number of cyclic esters (lactones) is 1. The molecule has 0 N–H and O–H groups in total. The monoisotopic (exact) mass is 508 g/mol. The third-order valence-electron chi connectivity index (χ3n) is 9.83. The number of rotatable bonds is 4. The van der Waals surface area contributed by atoms with Gasteiger partial charge in [0, 0.05) is 37.5 Å². The van der Waals surface area contributed by atoms with Crippen LogP contribution in [-0.2, 0) is 47.6 Å². The zero-order valence-corrected chi connectivity index (χ0v) is 21.7. The van der Waals surface area contributed by atoms with Gasteiger partial charge in [0.2, 0.25) is 0 Å². The Morgan fingerprint density at radius 1 is 0.944 bits per heavy atom. The molecule has 10 heteroatoms. The number of epoxide rings is 1. The predicted molar refractivity (Wildman–Crippen MR) is 121 cm³/mol. The number of esters is 4. The summed E-state index contributed by atoms with van der Waals surface area (Å²) in [5.41, 5.74) is -3.95. The van der Waals surface area contributed by atoms with Crippen molar-refractivity contribution >= 4 is 23.9 Å². The predicted octanol–water partition coefficient (Wildman–Crippen LogP) is 2.10. The minimum Gasteiger partial charge on any atom is -0.465 e. The van der Waals surface area contributed by atoms with Gasteiger partial charge in [0.05, 0.1) is 37.3 Å². The van der Waals surface area contributed by atoms with E-state index in [4.69, 9.17) is 28.4 Å². The molecule has 8 atom stereocenters. The summed E-state index contributed by atoms with van der Waals surface area (Å²) < 4.78 is 36.1. The molecular weight excluding hydrogens is 472 g/mol. The van der Waals surface area contributed by atoms with Crippen LogP contribution in [0.5, 0.6) is 0 Å². The first-order valence-electron chi connectivity index (χ1n) is 12.7. The maximum atomic E-state index is 12.6. The second kappa shape index (κ2) is 8.15. The zero-order chi connectivity index (χ0) is 26.1. The Labute approximate surface area is 210 Å². The number of carbonyl (C=O) groups excluding carboxylic acids is 4. The van der Waals surface area contributed by atoms with Crippen LogP contribution in [0.25, 0.3) is 0 Å². The summed E-state index contributed by atoms with van der Waals surface area (Å²) in [7, 11) is 0. The molecule has 36 heavy (non-hydrogen) atoms. The lowest BCUT2D eigenvalue weighted by atomic mass is 9.40. The second-order valence-corrected chi connectivity index (χ2v) is 11.9. The normalized spacial score (nSPS) is 46.9. The highest BCUT2D eigenvalue weighted by molar-refractivity contribution is 5.72. The Bertz CT molecular complexity index is 989. The van der Waals surface area contributed by atoms with E-state index in [1.54, 1.807) is 0 Å². The summed E-state index contributed by atoms with van der Waals surface area (Å²) >= 11 is 0. The van der Waals surface area contributed by atoms with Gasteiger partial charge in [-0.3, -0.25) is 19.2 Å². The molecule has 0 aromatic heterocycles. The molecule has 5 aliphatic rings. The molecule has 3 aliphatic heterocycles. The van der Waals surface area contributed by atoms with Crippen LogP contribution in [0.2, 0.25) is 0 Å². The average molecular weight is 509 g/mol. The van der Waals surface area contributed by atoms with E-state index < -0.39 is 57.6 Å². The Kier molecular flexibility index (Phi) is 5.76. The van der Waals surface area contributed by atoms with Crippen molar-refractivity contribution in [1.82, 2.24) is 0 Å². The maximum Gasteiger partial charge on any atom is 0.306 e. The van der Waals surface area contributed by atoms with Gasteiger partial charge in [0.15, 0.2) is 6.10 Å². The van der Waals surface area contributed by atoms with Crippen LogP contribution < -0.4 is 0 Å². The fourth-order valence-corrected chi connectivity index (χ4v) is 8.18. The molecule has 0 amide bonds. The van der Waals surface area contributed by atoms with Crippen molar-refractivity contribution in [2.24, 2.45) is 22.2 Å². The maximum absolute atomic E-state index is 12.6. The molecule has 0 aromatic carbocycles. The van der Waals surface area contributed by atoms with Crippen molar-refractivity contribution in [3.8, 4) is 0 Å². The number of carbonyl (C=O) groups is 4. The molecule has 3 heterocycles. The highest BCUT2D eigenvalue weighted by Gasteiger charge is 2.82. The lowest BCUT2D eigenvalue weighted by Crippen LogP contribution is -2.80. The quantitative estimate of drug-likeness (QED) is 0.316. The topological polar surface area (TPSA) is 127 Å². The summed E-state index contributed by atoms with van der Waals surface area (Å²) in [5.74, 6) is -2.04. The van der Waals surface area contributed by atoms with E-state index in [0.717, 1.165) is 12.8 Å². The Balaban J connectivity index is 1.71. The first-order chi connectivity index (χ1) is 16.8. The van der Waals surface area contributed by atoms with Crippen molar-refractivity contribution in [2.75, 3.05) is 26.4 Å². The lowest BCUT2D eigenvalue weighted by molar-refractivity contribution is -0.349. The summed E-state index contributed by atoms with van der Waals surface area (Å²) in [6.07, 6.45) is 1.11. The first-order valence-corrected chi connectivity index (χ1v) is 12.7. The molecule has 5 fully saturated rings. The van der Waals surface area contributed by atoms with Crippen LogP contribution in [0, 0.1) is 22.2 Å². The van der Waals surface area contributed by atoms with E-state index in [1.165, 1.54) is 20.8 Å². The van der Waals surface area contributed by atoms with Crippen molar-refractivity contribution in [1.29, 1.82) is 0 Å². The van der Waals surface area contributed by atoms with Gasteiger partial charge in [-0.15, -0.1) is 0 Å². The van der Waals surface area contributed by atoms with E-state index in [-0.39, 0.29) is 31.5 Å². The van der Waals surface area contributed by atoms with Gasteiger partial charge in [0.1, 0.15) is 18.3 Å². The zero-order valence-electron chi connectivity index (χ0n) is 21.7. The molecule has 3 saturated heterocycles. The Morgan fingerprint density at radius 2 is 1.61 bits per heavy atom. The van der Waals surface area contributed by atoms with E-state index in [1.807, 2.05) is 13.8 Å². The molecular formula is C26H36O10. The van der Waals surface area contributed by atoms with Gasteiger partial charge >= 0.3 is 23.9 Å². The summed E-state index contributed by atoms with van der Waals surface area (Å²) in [6.45, 7) is 8.90. The fourth-order valence-electron chi connectivity index (χ4n) is 8.18. The van der Waals surface area contributed by atoms with Crippen LogP contribution in [-0.4, -0.2) is 73.7 Å². The van der Waals surface area contributed by atoms with Gasteiger partial charge in [-0.05, 0) is 26.2 Å². The largest absolute Gasteiger partial charge is 0.465 e. The average Bonchev–Trinajstić information content (AvgIpc) is 3.47. The van der Waals surface area contributed by atoms with Crippen LogP contribution in [0.4, 0.5) is 0 Å². The lowest BCUT2D eigenvalue weighted by Gasteiger charge is -2.70. The third kappa shape index (κ3) is 3.43. The van der Waals surface area contributed by atoms with Crippen LogP contribution in [0.1, 0.15) is 66.7 Å². The van der Waals surface area contributed by atoms with Crippen molar-refractivity contribution in [2.45, 2.75) is 90.1 Å². The molecule has 8 unspecified atom stereocenters. The molecule has 200 valence electrons. The molecule has 2 spiro atoms. The van der Waals surface area contributed by atoms with E-state index in [9.17, 15) is 19.2 Å². The Morgan fingerprint density at radius 3 is 2.17 bits per heavy atom. The molecule has 2 saturated carbocycles. The van der Waals surface area contributed by atoms with Crippen LogP contribution >= 0.6 is 0 Å². The van der Waals surface area contributed by atoms with Crippen LogP contribution in [0.15, 0.2) is 0 Å². The summed E-state index contributed by atoms with van der Waals surface area (Å²) in [5, 5.41) is 0. The SMILES string of the molecule is CC(=O)OCC12C(OC(C)=O)C(OC(C)=O)C3(C)CC4(COC(=O)C4)COC3(C)C1CCCC21CO1. The first kappa shape index (κ1) is 25.4. The number of ether oxygens (including phenoxy) is 6. The smallest absolute Gasteiger partial charge is 0.306 e. The van der Waals surface area contributed by atoms with Gasteiger partial charge in [-0.1, -0.05) is 13.3 Å². The van der Waals surface area contributed by atoms with Gasteiger partial charge in [0.25, 0.3) is 0 Å². The number of fused-ring (bicyclic) bond motifs is 4. The molecule has 5 rings (SSSR count). The third-order valence-corrected chi connectivity index (χ3v) is 9.83. The number of hydrogen-bond donors (Lipinski definition) is 0. The van der Waals surface area contributed by atoms with Crippen molar-refractivity contribution in [3.05, 3.63) is 0 Å². The van der Waals surface area contributed by atoms with E-state index >= 15 is 0 Å². The standard InChI is InChI=1S/C26H36O10/c1-15(27)31-14-26-18(7-6-8-25(26)13-34-25)23(5)22(4,10-24(12-33-23)9-19(30)32-11-24)20(35-16(2)28)21(26)36-17(3)29/h18,20-21H,6-14H2,1-5H3. The van der Waals surface area contributed by atoms with Gasteiger partial charge < -0.3 is 28.4 Å². The van der Waals surface area contributed by atoms with E-state index in [2.05, 4.69) is 0 Å². The van der Waals surface area contributed by atoms with Crippen molar-refractivity contribution in [3.63, 3.8) is 0 Å². The second-order valence-electron chi connectivity index (χ2n) is 11.9. The van der Waals surface area contributed by atoms with Gasteiger partial charge in [-0.2, -0.15) is 0 Å². The molecule has 10 nitrogen and oxygen atoms in total. The number of hydrogen-bond acceptors (Lipinski definition) is 10. The van der Waals surface area contributed by atoms with Crippen molar-refractivity contribution < 1.29 is 47.6 Å². The van der Waals surface area contributed by atoms with Crippen LogP contribution in [0.3, 0.4) is 0 Å². The minimum atomic E-state index is -0.983. The highest BCUT2D eigenvalue weighted by atomic mass is 16.6. The molecule has 0 bridgehead atoms. The summed E-state index contributed by atoms with van der Waals surface area (Å²) in [6, 6.07) is 0. The fraction of sp³-hybridized carbons (Fsp3) is 0.846. The Hall–Kier alpha value is -2.20. The molecule has 0 radical (unpaired) electrons. The molecule has 0 aromatic rings. The van der Waals surface area contributed by atoms with E-state index in [0.29, 0.717) is 26.1 Å². The minimum absolute atomic E-state index is 0.0511. The highest BCUT2D eigenvalue weighted by Crippen LogP contribution is 2.72. The van der Waals surface area contributed by atoms with Gasteiger partial charge in [-0.25, -0.2) is 0 Å². The summed E-state index contributed by atoms with van der Waals surface area (Å²) in [4.78, 5) is 49.3.